The van der Waals surface area contributed by atoms with Crippen molar-refractivity contribution in [3.8, 4) is 6.07 Å². The summed E-state index contributed by atoms with van der Waals surface area (Å²) < 4.78 is 1.13. The molecule has 0 aromatic carbocycles. The predicted molar refractivity (Wildman–Crippen MR) is 37.1 cm³/mol. The molecule has 0 N–H and O–H groups in total. The summed E-state index contributed by atoms with van der Waals surface area (Å²) in [7, 11) is 4.75. The summed E-state index contributed by atoms with van der Waals surface area (Å²) in [5, 5.41) is 8.20. The van der Waals surface area contributed by atoms with Crippen molar-refractivity contribution in [2.75, 3.05) is 20.6 Å². The molecule has 0 atom stereocenters. The van der Waals surface area contributed by atoms with Crippen molar-refractivity contribution in [2.24, 2.45) is 0 Å². The normalized spacial score (nSPS) is 10.8. The molecular weight excluding hydrogens is 98.9 g/mol. The van der Waals surface area contributed by atoms with Gasteiger partial charge in [-0.3, -0.25) is 0 Å². The van der Waals surface area contributed by atoms with Crippen LogP contribution < -0.4 is 0 Å². The molecule has 0 unspecified atom stereocenters. The highest BCUT2D eigenvalue weighted by atomic mass is 15.2. The van der Waals surface area contributed by atoms with Gasteiger partial charge in [0, 0.05) is 20.6 Å². The fourth-order valence-corrected chi connectivity index (χ4v) is 0.274. The van der Waals surface area contributed by atoms with E-state index in [0.29, 0.717) is 7.98 Å². The van der Waals surface area contributed by atoms with Crippen LogP contribution in [0.2, 0.25) is 0 Å². The van der Waals surface area contributed by atoms with Crippen molar-refractivity contribution in [1.82, 2.24) is 0 Å². The van der Waals surface area contributed by atoms with Gasteiger partial charge in [0.25, 0.3) is 0 Å². The van der Waals surface area contributed by atoms with Crippen LogP contribution in [-0.2, 0) is 0 Å². The lowest BCUT2D eigenvalue weighted by Gasteiger charge is -2.32. The fourth-order valence-electron chi connectivity index (χ4n) is 0.274. The van der Waals surface area contributed by atoms with E-state index in [1.165, 1.54) is 0 Å². The lowest BCUT2D eigenvalue weighted by Crippen LogP contribution is -2.36. The van der Waals surface area contributed by atoms with Crippen LogP contribution in [-0.4, -0.2) is 33.0 Å². The maximum Gasteiger partial charge on any atom is 0.168 e. The standard InChI is InChI=1S/C5H13BN2/c1-8(2,6)5-3-4-7/h3,5H2,1-2,6H3. The second kappa shape index (κ2) is 2.73. The maximum atomic E-state index is 8.20. The molecule has 0 aromatic heterocycles. The highest BCUT2D eigenvalue weighted by Gasteiger charge is 1.96. The second-order valence-corrected chi connectivity index (χ2v) is 1.71. The van der Waals surface area contributed by atoms with Crippen molar-refractivity contribution < 1.29 is 4.39 Å². The minimum atomic E-state index is 0.367. The van der Waals surface area contributed by atoms with E-state index in [2.05, 4.69) is 20.2 Å². The molecule has 0 radical (unpaired) electrons. The average molecular weight is 112 g/mol. The molecule has 0 aliphatic rings. The Kier molecular flexibility index (Phi) is 2.57. The smallest absolute Gasteiger partial charge is 0.168 e. The molecule has 0 aromatic rings. The van der Waals surface area contributed by atoms with Gasteiger partial charge in [-0.15, -0.1) is 0 Å². The molecule has 0 saturated heterocycles. The molecule has 8 heavy (non-hydrogen) atoms. The van der Waals surface area contributed by atoms with Crippen molar-refractivity contribution in [2.45, 2.75) is 6.42 Å². The summed E-state index contributed by atoms with van der Waals surface area (Å²) in [4.78, 5) is 0. The van der Waals surface area contributed by atoms with E-state index < -0.39 is 0 Å². The Morgan fingerprint density at radius 3 is 2.25 bits per heavy atom. The Bertz CT molecular complexity index is 98.0. The van der Waals surface area contributed by atoms with Gasteiger partial charge in [0.15, 0.2) is 7.98 Å². The largest absolute Gasteiger partial charge is 0.527 e. The van der Waals surface area contributed by atoms with E-state index in [9.17, 15) is 0 Å². The van der Waals surface area contributed by atoms with Gasteiger partial charge in [-0.05, 0) is 0 Å². The topological polar surface area (TPSA) is 23.8 Å². The fraction of sp³-hybridized carbons (Fsp3) is 0.800. The van der Waals surface area contributed by atoms with Gasteiger partial charge in [0.05, 0.1) is 12.5 Å². The molecule has 0 heterocycles. The monoisotopic (exact) mass is 112 g/mol. The number of hydrogen-bond donors (Lipinski definition) is 0. The molecule has 0 saturated carbocycles. The number of rotatable bonds is 2. The average Bonchev–Trinajstić information content (AvgIpc) is 1.59. The highest BCUT2D eigenvalue weighted by molar-refractivity contribution is 5.97. The minimum absolute atomic E-state index is 0.367. The molecule has 2 nitrogen and oxygen atoms in total. The van der Waals surface area contributed by atoms with E-state index in [0.717, 1.165) is 17.4 Å². The molecule has 3 heteroatoms. The second-order valence-electron chi connectivity index (χ2n) is 1.71. The zero-order valence-electron chi connectivity index (χ0n) is 4.81. The molecule has 46 valence electrons. The first-order chi connectivity index (χ1) is 3.56. The van der Waals surface area contributed by atoms with E-state index in [4.69, 9.17) is 5.26 Å². The number of quaternary nitrogens is 1. The van der Waals surface area contributed by atoms with E-state index >= 15 is 0 Å². The molecular formula is C5H13BN2. The maximum absolute atomic E-state index is 8.20. The summed E-state index contributed by atoms with van der Waals surface area (Å²) in [6.45, 7) is 1.05. The first-order valence-electron chi connectivity index (χ1n) is 2.29. The van der Waals surface area contributed by atoms with Crippen LogP contribution in [0.1, 0.15) is 6.42 Å². The van der Waals surface area contributed by atoms with Crippen LogP contribution in [0, 0.1) is 11.3 Å². The quantitative estimate of drug-likeness (QED) is 0.431. The molecule has 0 rings (SSSR count). The number of hydrogen-bond acceptors (Lipinski definition) is 1. The zero-order valence-corrected chi connectivity index (χ0v) is 4.81. The first-order valence-corrected chi connectivity index (χ1v) is 2.29. The zero-order chi connectivity index (χ0) is 6.62. The third-order valence-electron chi connectivity index (χ3n) is 0.671. The summed E-state index contributed by atoms with van der Waals surface area (Å²) >= 11 is 0. The Morgan fingerprint density at radius 1 is 1.62 bits per heavy atom. The Labute approximate surface area is 51.7 Å². The molecule has 0 amide bonds. The van der Waals surface area contributed by atoms with Gasteiger partial charge < -0.3 is 4.39 Å². The first kappa shape index (κ1) is 7.51. The van der Waals surface area contributed by atoms with Gasteiger partial charge >= 0.3 is 0 Å². The summed E-state index contributed by atoms with van der Waals surface area (Å²) in [5.41, 5.74) is 0. The van der Waals surface area contributed by atoms with Gasteiger partial charge in [-0.1, -0.05) is 0 Å². The predicted octanol–water partition coefficient (Wildman–Crippen LogP) is -0.743. The SMILES string of the molecule is [BH3-][N+](C)(C)CCC#N. The third-order valence-corrected chi connectivity index (χ3v) is 0.671. The van der Waals surface area contributed by atoms with Gasteiger partial charge in [0.1, 0.15) is 0 Å². The van der Waals surface area contributed by atoms with E-state index in [-0.39, 0.29) is 0 Å². The van der Waals surface area contributed by atoms with Crippen LogP contribution in [0.4, 0.5) is 0 Å². The molecule has 0 fully saturated rings. The van der Waals surface area contributed by atoms with Gasteiger partial charge in [-0.2, -0.15) is 5.26 Å². The van der Waals surface area contributed by atoms with Crippen LogP contribution in [0.25, 0.3) is 0 Å². The van der Waals surface area contributed by atoms with E-state index in [1.807, 2.05) is 0 Å². The van der Waals surface area contributed by atoms with Crippen molar-refractivity contribution in [3.63, 3.8) is 0 Å². The molecule has 0 bridgehead atoms. The van der Waals surface area contributed by atoms with Crippen molar-refractivity contribution >= 4 is 7.98 Å². The van der Waals surface area contributed by atoms with Crippen LogP contribution >= 0.6 is 0 Å². The Balaban J connectivity index is 3.28. The minimum Gasteiger partial charge on any atom is -0.527 e. The van der Waals surface area contributed by atoms with Gasteiger partial charge in [0.2, 0.25) is 0 Å². The van der Waals surface area contributed by atoms with Crippen LogP contribution in [0.15, 0.2) is 0 Å². The number of nitrogens with zero attached hydrogens (tertiary/aromatic N) is 2. The summed E-state index contributed by atoms with van der Waals surface area (Å²) in [5.74, 6) is 0. The Morgan fingerprint density at radius 2 is 2.12 bits per heavy atom. The van der Waals surface area contributed by atoms with Crippen molar-refractivity contribution in [1.29, 1.82) is 5.26 Å². The lowest BCUT2D eigenvalue weighted by molar-refractivity contribution is -0.772. The molecule has 0 aliphatic carbocycles. The summed E-state index contributed by atoms with van der Waals surface area (Å²) in [6, 6.07) is 2.15. The van der Waals surface area contributed by atoms with Gasteiger partial charge in [-0.25, -0.2) is 0 Å². The molecule has 0 aliphatic heterocycles. The van der Waals surface area contributed by atoms with E-state index in [1.54, 1.807) is 0 Å². The third kappa shape index (κ3) is 5.51. The summed E-state index contributed by atoms with van der Waals surface area (Å²) in [6.07, 6.45) is 0.719. The highest BCUT2D eigenvalue weighted by Crippen LogP contribution is 1.89. The van der Waals surface area contributed by atoms with Crippen LogP contribution in [0.3, 0.4) is 0 Å². The van der Waals surface area contributed by atoms with Crippen LogP contribution in [0.5, 0.6) is 0 Å². The number of nitriles is 1. The van der Waals surface area contributed by atoms with Crippen molar-refractivity contribution in [3.05, 3.63) is 0 Å². The molecule has 0 spiro atoms. The lowest BCUT2D eigenvalue weighted by atomic mass is 10.2. The Hall–Kier alpha value is -0.485.